The monoisotopic (exact) mass is 420 g/mol. The van der Waals surface area contributed by atoms with Gasteiger partial charge in [0.1, 0.15) is 11.5 Å². The third kappa shape index (κ3) is 5.18. The SMILES string of the molecule is CCNC(=O)Nc1cc(CN2CCN(c3ccc(-c4ncc[nH]4)nc3C)CC2)ccn1. The maximum Gasteiger partial charge on any atom is 0.320 e. The summed E-state index contributed by atoms with van der Waals surface area (Å²) in [6.07, 6.45) is 5.28. The lowest BCUT2D eigenvalue weighted by Crippen LogP contribution is -2.46. The molecule has 162 valence electrons. The Morgan fingerprint density at radius 2 is 1.97 bits per heavy atom. The molecule has 1 aliphatic heterocycles. The second kappa shape index (κ2) is 9.57. The Morgan fingerprint density at radius 1 is 1.13 bits per heavy atom. The lowest BCUT2D eigenvalue weighted by Gasteiger charge is -2.36. The van der Waals surface area contributed by atoms with Crippen LogP contribution >= 0.6 is 0 Å². The van der Waals surface area contributed by atoms with Crippen LogP contribution in [0.15, 0.2) is 42.9 Å². The van der Waals surface area contributed by atoms with Crippen molar-refractivity contribution in [3.63, 3.8) is 0 Å². The minimum atomic E-state index is -0.234. The van der Waals surface area contributed by atoms with E-state index in [1.807, 2.05) is 32.0 Å². The van der Waals surface area contributed by atoms with Crippen LogP contribution in [0.25, 0.3) is 11.5 Å². The summed E-state index contributed by atoms with van der Waals surface area (Å²) in [5, 5.41) is 5.48. The number of piperazine rings is 1. The number of hydrogen-bond acceptors (Lipinski definition) is 6. The summed E-state index contributed by atoms with van der Waals surface area (Å²) in [4.78, 5) is 32.9. The van der Waals surface area contributed by atoms with Crippen LogP contribution in [0.4, 0.5) is 16.3 Å². The van der Waals surface area contributed by atoms with E-state index in [1.54, 1.807) is 18.6 Å². The van der Waals surface area contributed by atoms with Crippen molar-refractivity contribution in [2.24, 2.45) is 0 Å². The Balaban J connectivity index is 1.33. The fourth-order valence-electron chi connectivity index (χ4n) is 3.79. The van der Waals surface area contributed by atoms with Gasteiger partial charge in [0.15, 0.2) is 5.82 Å². The number of urea groups is 1. The molecule has 4 heterocycles. The van der Waals surface area contributed by atoms with Crippen LogP contribution in [0, 0.1) is 6.92 Å². The number of anilines is 2. The second-order valence-electron chi connectivity index (χ2n) is 7.54. The van der Waals surface area contributed by atoms with Crippen LogP contribution in [0.3, 0.4) is 0 Å². The summed E-state index contributed by atoms with van der Waals surface area (Å²) in [5.74, 6) is 1.36. The third-order valence-corrected chi connectivity index (χ3v) is 5.32. The van der Waals surface area contributed by atoms with Crippen LogP contribution in [0.5, 0.6) is 0 Å². The maximum absolute atomic E-state index is 11.7. The van der Waals surface area contributed by atoms with Gasteiger partial charge in [-0.05, 0) is 43.7 Å². The van der Waals surface area contributed by atoms with E-state index in [9.17, 15) is 4.79 Å². The highest BCUT2D eigenvalue weighted by molar-refractivity contribution is 5.88. The molecular formula is C22H28N8O. The van der Waals surface area contributed by atoms with E-state index < -0.39 is 0 Å². The van der Waals surface area contributed by atoms with Gasteiger partial charge in [-0.15, -0.1) is 0 Å². The molecule has 0 radical (unpaired) electrons. The lowest BCUT2D eigenvalue weighted by molar-refractivity contribution is 0.249. The summed E-state index contributed by atoms with van der Waals surface area (Å²) >= 11 is 0. The average Bonchev–Trinajstić information content (AvgIpc) is 3.30. The molecule has 1 fully saturated rings. The molecule has 1 aliphatic rings. The number of pyridine rings is 2. The number of imidazole rings is 1. The molecule has 0 aliphatic carbocycles. The molecule has 1 saturated heterocycles. The first-order valence-electron chi connectivity index (χ1n) is 10.6. The Kier molecular flexibility index (Phi) is 6.42. The van der Waals surface area contributed by atoms with Gasteiger partial charge in [0.2, 0.25) is 0 Å². The van der Waals surface area contributed by atoms with Crippen molar-refractivity contribution in [3.05, 3.63) is 54.1 Å². The Labute approximate surface area is 181 Å². The first kappa shape index (κ1) is 20.8. The second-order valence-corrected chi connectivity index (χ2v) is 7.54. The molecule has 0 atom stereocenters. The molecule has 2 amide bonds. The van der Waals surface area contributed by atoms with Crippen LogP contribution < -0.4 is 15.5 Å². The molecule has 3 aromatic heterocycles. The molecule has 4 rings (SSSR count). The van der Waals surface area contributed by atoms with Crippen molar-refractivity contribution in [2.75, 3.05) is 42.9 Å². The topological polar surface area (TPSA) is 102 Å². The van der Waals surface area contributed by atoms with Gasteiger partial charge in [0.25, 0.3) is 0 Å². The van der Waals surface area contributed by atoms with Crippen LogP contribution in [0.1, 0.15) is 18.2 Å². The summed E-state index contributed by atoms with van der Waals surface area (Å²) in [7, 11) is 0. The molecule has 9 nitrogen and oxygen atoms in total. The first-order valence-corrected chi connectivity index (χ1v) is 10.6. The third-order valence-electron chi connectivity index (χ3n) is 5.32. The molecule has 0 unspecified atom stereocenters. The standard InChI is InChI=1S/C22H28N8O/c1-3-23-22(31)28-20-14-17(6-7-24-20)15-29-10-12-30(13-11-29)19-5-4-18(27-16(19)2)21-25-8-9-26-21/h4-9,14H,3,10-13,15H2,1-2H3,(H,25,26)(H2,23,24,28,31). The number of nitrogens with one attached hydrogen (secondary N) is 3. The van der Waals surface area contributed by atoms with E-state index in [2.05, 4.69) is 41.5 Å². The predicted molar refractivity (Wildman–Crippen MR) is 121 cm³/mol. The van der Waals surface area contributed by atoms with E-state index in [-0.39, 0.29) is 6.03 Å². The van der Waals surface area contributed by atoms with Crippen LogP contribution in [-0.2, 0) is 6.54 Å². The maximum atomic E-state index is 11.7. The fourth-order valence-corrected chi connectivity index (χ4v) is 3.79. The van der Waals surface area contributed by atoms with Crippen LogP contribution in [0.2, 0.25) is 0 Å². The van der Waals surface area contributed by atoms with Crippen molar-refractivity contribution < 1.29 is 4.79 Å². The number of amides is 2. The van der Waals surface area contributed by atoms with Gasteiger partial charge < -0.3 is 15.2 Å². The zero-order valence-corrected chi connectivity index (χ0v) is 17.9. The number of carbonyl (C=O) groups is 1. The minimum Gasteiger partial charge on any atom is -0.368 e. The average molecular weight is 421 g/mol. The van der Waals surface area contributed by atoms with Crippen molar-refractivity contribution in [2.45, 2.75) is 20.4 Å². The van der Waals surface area contributed by atoms with E-state index in [0.29, 0.717) is 12.4 Å². The largest absolute Gasteiger partial charge is 0.368 e. The Bertz CT molecular complexity index is 1010. The van der Waals surface area contributed by atoms with Gasteiger partial charge in [-0.2, -0.15) is 0 Å². The van der Waals surface area contributed by atoms with Crippen molar-refractivity contribution in [3.8, 4) is 11.5 Å². The van der Waals surface area contributed by atoms with Crippen molar-refractivity contribution in [1.29, 1.82) is 0 Å². The smallest absolute Gasteiger partial charge is 0.320 e. The van der Waals surface area contributed by atoms with Gasteiger partial charge in [0.05, 0.1) is 11.4 Å². The highest BCUT2D eigenvalue weighted by Gasteiger charge is 2.19. The molecule has 31 heavy (non-hydrogen) atoms. The quantitative estimate of drug-likeness (QED) is 0.567. The first-order chi connectivity index (χ1) is 15.1. The number of aromatic amines is 1. The number of rotatable bonds is 6. The molecule has 0 aromatic carbocycles. The summed E-state index contributed by atoms with van der Waals surface area (Å²) in [6.45, 7) is 9.14. The summed E-state index contributed by atoms with van der Waals surface area (Å²) in [5.41, 5.74) is 4.18. The number of hydrogen-bond donors (Lipinski definition) is 3. The lowest BCUT2D eigenvalue weighted by atomic mass is 10.2. The highest BCUT2D eigenvalue weighted by atomic mass is 16.2. The fraction of sp³-hybridized carbons (Fsp3) is 0.364. The number of nitrogens with zero attached hydrogens (tertiary/aromatic N) is 5. The highest BCUT2D eigenvalue weighted by Crippen LogP contribution is 2.24. The van der Waals surface area contributed by atoms with E-state index in [0.717, 1.165) is 55.5 Å². The van der Waals surface area contributed by atoms with E-state index in [4.69, 9.17) is 4.98 Å². The van der Waals surface area contributed by atoms with Gasteiger partial charge >= 0.3 is 6.03 Å². The van der Waals surface area contributed by atoms with E-state index >= 15 is 0 Å². The molecule has 0 spiro atoms. The van der Waals surface area contributed by atoms with Crippen molar-refractivity contribution in [1.82, 2.24) is 30.2 Å². The zero-order chi connectivity index (χ0) is 21.6. The Morgan fingerprint density at radius 3 is 2.68 bits per heavy atom. The van der Waals surface area contributed by atoms with Crippen molar-refractivity contribution >= 4 is 17.5 Å². The minimum absolute atomic E-state index is 0.234. The van der Waals surface area contributed by atoms with Gasteiger partial charge in [-0.25, -0.2) is 19.7 Å². The number of H-pyrrole nitrogens is 1. The summed E-state index contributed by atoms with van der Waals surface area (Å²) in [6, 6.07) is 7.86. The normalized spacial score (nSPS) is 14.5. The number of aromatic nitrogens is 4. The predicted octanol–water partition coefficient (Wildman–Crippen LogP) is 2.64. The Hall–Kier alpha value is -3.46. The summed E-state index contributed by atoms with van der Waals surface area (Å²) < 4.78 is 0. The molecule has 9 heteroatoms. The molecule has 0 bridgehead atoms. The van der Waals surface area contributed by atoms with Gasteiger partial charge in [-0.1, -0.05) is 0 Å². The molecule has 3 N–H and O–H groups in total. The number of aryl methyl sites for hydroxylation is 1. The molecule has 3 aromatic rings. The number of carbonyl (C=O) groups excluding carboxylic acids is 1. The molecule has 0 saturated carbocycles. The molecular weight excluding hydrogens is 392 g/mol. The van der Waals surface area contributed by atoms with Crippen LogP contribution in [-0.4, -0.2) is 63.6 Å². The van der Waals surface area contributed by atoms with Gasteiger partial charge in [-0.3, -0.25) is 10.2 Å². The zero-order valence-electron chi connectivity index (χ0n) is 17.9. The van der Waals surface area contributed by atoms with E-state index in [1.165, 1.54) is 5.69 Å². The van der Waals surface area contributed by atoms with Gasteiger partial charge in [0, 0.05) is 57.9 Å².